The molecule has 246 valence electrons. The molecule has 4 aromatic rings. The number of fused-ring (bicyclic) bond motifs is 6. The summed E-state index contributed by atoms with van der Waals surface area (Å²) in [5.41, 5.74) is 7.26. The first-order chi connectivity index (χ1) is 20.9. The van der Waals surface area contributed by atoms with Gasteiger partial charge in [0, 0.05) is 26.7 Å². The molecule has 6 heteroatoms. The number of unbranched alkanes of at least 4 members (excludes halogenated alkanes) is 1. The first-order valence-electron chi connectivity index (χ1n) is 15.8. The Kier molecular flexibility index (Phi) is 16.0. The second kappa shape index (κ2) is 18.0. The first-order valence-corrected chi connectivity index (χ1v) is 27.3. The van der Waals surface area contributed by atoms with Crippen molar-refractivity contribution in [2.75, 3.05) is 39.0 Å². The maximum absolute atomic E-state index is 7.26. The van der Waals surface area contributed by atoms with E-state index in [9.17, 15) is 0 Å². The number of hydrogen-bond acceptors (Lipinski definition) is 0. The number of rotatable bonds is 5. The maximum Gasteiger partial charge on any atom is 1.00 e. The predicted molar refractivity (Wildman–Crippen MR) is 209 cm³/mol. The van der Waals surface area contributed by atoms with Crippen molar-refractivity contribution in [2.45, 2.75) is 39.0 Å². The number of hydrogen-bond donors (Lipinski definition) is 0. The summed E-state index contributed by atoms with van der Waals surface area (Å²) in [6, 6.07) is 30.0. The largest absolute Gasteiger partial charge is 1.00 e. The first kappa shape index (κ1) is 40.9. The predicted octanol–water partition coefficient (Wildman–Crippen LogP) is 7.56. The molecular weight excluding hydrogens is 992 g/mol. The van der Waals surface area contributed by atoms with Crippen LogP contribution in [0.3, 0.4) is 0 Å². The third-order valence-electron chi connectivity index (χ3n) is 9.06. The SMILES string of the molecule is C[PH+](C)CCCC[PH+](C)C.[Au+].[Au+].[C-]#Cc1ccc2c(c1)[Si](C)(C)c1ccccc1-2.[C-]#Cc1ccc2c(c1)[Si](C)(C)c1ccccc1-2. The second-order valence-corrected chi connectivity index (χ2v) is 28.2. The van der Waals surface area contributed by atoms with Crippen LogP contribution in [-0.4, -0.2) is 55.1 Å². The van der Waals surface area contributed by atoms with Crippen molar-refractivity contribution in [1.82, 2.24) is 0 Å². The van der Waals surface area contributed by atoms with Crippen molar-refractivity contribution >= 4 is 52.7 Å². The van der Waals surface area contributed by atoms with E-state index < -0.39 is 16.1 Å². The molecule has 0 aliphatic carbocycles. The molecule has 0 unspecified atom stereocenters. The zero-order chi connectivity index (χ0) is 32.1. The van der Waals surface area contributed by atoms with E-state index in [1.807, 2.05) is 12.1 Å². The molecule has 2 heterocycles. The fourth-order valence-electron chi connectivity index (χ4n) is 6.52. The van der Waals surface area contributed by atoms with Crippen LogP contribution >= 0.6 is 15.8 Å². The van der Waals surface area contributed by atoms with E-state index in [1.165, 1.54) is 68.2 Å². The van der Waals surface area contributed by atoms with Gasteiger partial charge in [-0.2, -0.15) is 0 Å². The van der Waals surface area contributed by atoms with Crippen LogP contribution in [0.1, 0.15) is 24.0 Å². The summed E-state index contributed by atoms with van der Waals surface area (Å²) < 4.78 is 0. The summed E-state index contributed by atoms with van der Waals surface area (Å²) in [7, 11) is -2.95. The Labute approximate surface area is 315 Å². The van der Waals surface area contributed by atoms with Gasteiger partial charge in [0.2, 0.25) is 0 Å². The fourth-order valence-corrected chi connectivity index (χ4v) is 14.6. The summed E-state index contributed by atoms with van der Waals surface area (Å²) in [5, 5.41) is 5.90. The minimum atomic E-state index is -1.55. The smallest absolute Gasteiger partial charge is 0.366 e. The Morgan fingerprint density at radius 3 is 1.15 bits per heavy atom. The van der Waals surface area contributed by atoms with Gasteiger partial charge in [-0.05, 0) is 61.3 Å². The normalized spacial score (nSPS) is 13.5. The standard InChI is InChI=1S/2C16H13Si.C8H20P2.2Au/c2*1-4-12-9-10-14-13-7-5-6-8-15(13)17(2,3)16(14)11-12;1-9(2)7-5-6-8-10(3)4;;/h2*5-11H,2-3H3;5-8H2,1-4H3;;/q2*-1;;2*+1/p+2. The molecule has 2 aliphatic rings. The van der Waals surface area contributed by atoms with E-state index in [-0.39, 0.29) is 60.6 Å². The molecule has 0 saturated carbocycles. The molecule has 46 heavy (non-hydrogen) atoms. The van der Waals surface area contributed by atoms with Crippen LogP contribution in [0, 0.1) is 24.7 Å². The van der Waals surface area contributed by atoms with E-state index in [0.717, 1.165) is 11.1 Å². The van der Waals surface area contributed by atoms with Gasteiger partial charge in [0.1, 0.15) is 16.1 Å². The summed E-state index contributed by atoms with van der Waals surface area (Å²) in [6.45, 7) is 19.2. The molecule has 0 atom stereocenters. The zero-order valence-electron chi connectivity index (χ0n) is 28.5. The molecule has 0 saturated heterocycles. The minimum Gasteiger partial charge on any atom is -0.366 e. The molecule has 0 bridgehead atoms. The van der Waals surface area contributed by atoms with E-state index in [1.54, 1.807) is 0 Å². The van der Waals surface area contributed by atoms with Gasteiger partial charge in [-0.3, -0.25) is 11.8 Å². The van der Waals surface area contributed by atoms with Crippen molar-refractivity contribution in [2.24, 2.45) is 0 Å². The van der Waals surface area contributed by atoms with E-state index in [2.05, 4.69) is 137 Å². The Hall–Kier alpha value is -1.23. The Bertz CT molecular complexity index is 1580. The van der Waals surface area contributed by atoms with Crippen molar-refractivity contribution in [1.29, 1.82) is 0 Å². The Morgan fingerprint density at radius 2 is 0.826 bits per heavy atom. The van der Waals surface area contributed by atoms with Gasteiger partial charge in [0.05, 0.1) is 12.3 Å². The van der Waals surface area contributed by atoms with Gasteiger partial charge in [0.25, 0.3) is 0 Å². The Balaban J connectivity index is 0.000000244. The van der Waals surface area contributed by atoms with Crippen LogP contribution in [0.5, 0.6) is 0 Å². The van der Waals surface area contributed by atoms with Gasteiger partial charge in [-0.25, -0.2) is 0 Å². The van der Waals surface area contributed by atoms with Crippen molar-refractivity contribution in [3.05, 3.63) is 109 Å². The molecule has 0 nitrogen and oxygen atoms in total. The molecule has 0 N–H and O–H groups in total. The quantitative estimate of drug-likeness (QED) is 0.0638. The van der Waals surface area contributed by atoms with E-state index in [4.69, 9.17) is 12.8 Å². The van der Waals surface area contributed by atoms with Crippen LogP contribution in [-0.2, 0) is 44.8 Å². The minimum absolute atomic E-state index is 0. The van der Waals surface area contributed by atoms with Crippen LogP contribution in [0.25, 0.3) is 22.3 Å². The van der Waals surface area contributed by atoms with E-state index >= 15 is 0 Å². The molecule has 6 rings (SSSR count). The third-order valence-corrected chi connectivity index (χ3v) is 18.9. The van der Waals surface area contributed by atoms with Gasteiger partial charge >= 0.3 is 44.8 Å². The van der Waals surface area contributed by atoms with Gasteiger partial charge in [0.15, 0.2) is 0 Å². The average Bonchev–Trinajstić information content (AvgIpc) is 3.39. The second-order valence-electron chi connectivity index (χ2n) is 13.7. The zero-order valence-corrected chi connectivity index (χ0v) is 36.8. The molecule has 2 aliphatic heterocycles. The third kappa shape index (κ3) is 9.26. The molecule has 0 spiro atoms. The van der Waals surface area contributed by atoms with Crippen molar-refractivity contribution in [3.8, 4) is 34.1 Å². The molecule has 4 aromatic carbocycles. The van der Waals surface area contributed by atoms with Gasteiger partial charge in [-0.15, -0.1) is 35.4 Å². The van der Waals surface area contributed by atoms with Crippen molar-refractivity contribution in [3.63, 3.8) is 0 Å². The van der Waals surface area contributed by atoms with Crippen LogP contribution in [0.15, 0.2) is 84.9 Å². The van der Waals surface area contributed by atoms with Gasteiger partial charge in [-0.1, -0.05) is 97.2 Å². The topological polar surface area (TPSA) is 0 Å². The van der Waals surface area contributed by atoms with E-state index in [0.29, 0.717) is 0 Å². The number of benzene rings is 4. The molecule has 0 fully saturated rings. The average molecular weight is 1040 g/mol. The van der Waals surface area contributed by atoms with Gasteiger partial charge < -0.3 is 12.8 Å². The molecular formula is C40H48Au2P2Si2+2. The summed E-state index contributed by atoms with van der Waals surface area (Å²) in [6.07, 6.45) is 20.6. The molecule has 0 amide bonds. The van der Waals surface area contributed by atoms with Crippen LogP contribution in [0.4, 0.5) is 0 Å². The fraction of sp³-hybridized carbons (Fsp3) is 0.300. The Morgan fingerprint density at radius 1 is 0.500 bits per heavy atom. The van der Waals surface area contributed by atoms with Crippen LogP contribution < -0.4 is 20.7 Å². The summed E-state index contributed by atoms with van der Waals surface area (Å²) in [5.74, 6) is 4.99. The molecule has 0 radical (unpaired) electrons. The summed E-state index contributed by atoms with van der Waals surface area (Å²) >= 11 is 0. The maximum atomic E-state index is 7.26. The molecule has 0 aromatic heterocycles. The summed E-state index contributed by atoms with van der Waals surface area (Å²) in [4.78, 5) is 0. The van der Waals surface area contributed by atoms with Crippen LogP contribution in [0.2, 0.25) is 26.2 Å². The van der Waals surface area contributed by atoms with Crippen molar-refractivity contribution < 1.29 is 44.8 Å². The monoisotopic (exact) mass is 1040 g/mol.